The molecule has 0 heterocycles. The number of hydrogen-bond donors (Lipinski definition) is 5. The lowest BCUT2D eigenvalue weighted by molar-refractivity contribution is -0.142. The smallest absolute Gasteiger partial charge is 0.312 e. The molecule has 0 aliphatic carbocycles. The molecule has 5 amide bonds. The molecule has 0 aliphatic rings. The Labute approximate surface area is 247 Å². The van der Waals surface area contributed by atoms with Gasteiger partial charge in [-0.3, -0.25) is 19.2 Å². The van der Waals surface area contributed by atoms with E-state index >= 15 is 0 Å². The van der Waals surface area contributed by atoms with E-state index in [4.69, 9.17) is 10.5 Å². The largest absolute Gasteiger partial charge is 0.461 e. The molecule has 0 radical (unpaired) electrons. The highest BCUT2D eigenvalue weighted by Gasteiger charge is 2.28. The third kappa shape index (κ3) is 15.2. The van der Waals surface area contributed by atoms with Crippen molar-refractivity contribution in [3.8, 4) is 0 Å². The number of esters is 1. The van der Waals surface area contributed by atoms with Gasteiger partial charge in [-0.1, -0.05) is 39.0 Å². The number of hydrogen-bond acceptors (Lipinski definition) is 8. The molecular weight excluding hydrogens is 566 g/mol. The molecule has 1 aromatic carbocycles. The predicted octanol–water partition coefficient (Wildman–Crippen LogP) is 1.88. The molecule has 0 unspecified atom stereocenters. The van der Waals surface area contributed by atoms with E-state index in [0.717, 1.165) is 11.0 Å². The Morgan fingerprint density at radius 1 is 0.976 bits per heavy atom. The molecule has 0 saturated carbocycles. The summed E-state index contributed by atoms with van der Waals surface area (Å²) in [6.45, 7) is 8.37. The Morgan fingerprint density at radius 3 is 2.21 bits per heavy atom. The Balaban J connectivity index is 2.82. The number of nitrogens with one attached hydrogen (secondary N) is 4. The van der Waals surface area contributed by atoms with Crippen LogP contribution in [0.15, 0.2) is 36.3 Å². The quantitative estimate of drug-likeness (QED) is 0.115. The molecule has 13 nitrogen and oxygen atoms in total. The molecule has 1 aromatic rings. The van der Waals surface area contributed by atoms with E-state index in [0.29, 0.717) is 31.4 Å². The van der Waals surface area contributed by atoms with E-state index in [-0.39, 0.29) is 43.6 Å². The van der Waals surface area contributed by atoms with Crippen molar-refractivity contribution in [3.63, 3.8) is 0 Å². The first-order valence-electron chi connectivity index (χ1n) is 13.8. The maximum atomic E-state index is 13.2. The molecule has 0 saturated heterocycles. The van der Waals surface area contributed by atoms with Gasteiger partial charge in [0.05, 0.1) is 5.75 Å². The van der Waals surface area contributed by atoms with Gasteiger partial charge < -0.3 is 31.7 Å². The highest BCUT2D eigenvalue weighted by atomic mass is 32.2. The number of carbonyl (C=O) groups excluding carboxylic acids is 5. The van der Waals surface area contributed by atoms with Crippen LogP contribution in [0.1, 0.15) is 64.9 Å². The van der Waals surface area contributed by atoms with Gasteiger partial charge in [-0.25, -0.2) is 13.2 Å². The van der Waals surface area contributed by atoms with Crippen LogP contribution in [-0.2, 0) is 40.4 Å². The second-order valence-corrected chi connectivity index (χ2v) is 12.2. The zero-order chi connectivity index (χ0) is 31.7. The van der Waals surface area contributed by atoms with Crippen LogP contribution in [-0.4, -0.2) is 62.5 Å². The molecule has 0 bridgehead atoms. The summed E-state index contributed by atoms with van der Waals surface area (Å²) >= 11 is 0. The lowest BCUT2D eigenvalue weighted by Crippen LogP contribution is -2.54. The van der Waals surface area contributed by atoms with Gasteiger partial charge in [0, 0.05) is 31.0 Å². The number of unbranched alkanes of at least 4 members (excludes halogenated alkanes) is 2. The molecule has 1 rings (SSSR count). The van der Waals surface area contributed by atoms with Gasteiger partial charge >= 0.3 is 12.0 Å². The average Bonchev–Trinajstić information content (AvgIpc) is 2.92. The number of urea groups is 1. The lowest BCUT2D eigenvalue weighted by atomic mass is 10.0. The van der Waals surface area contributed by atoms with Gasteiger partial charge in [0.1, 0.15) is 18.7 Å². The summed E-state index contributed by atoms with van der Waals surface area (Å²) in [6.07, 6.45) is 1.98. The van der Waals surface area contributed by atoms with Crippen molar-refractivity contribution in [1.29, 1.82) is 0 Å². The summed E-state index contributed by atoms with van der Waals surface area (Å²) in [7, 11) is -3.29. The molecular formula is C28H43N5O8S. The second kappa shape index (κ2) is 18.5. The number of benzene rings is 1. The molecule has 14 heteroatoms. The van der Waals surface area contributed by atoms with Crippen molar-refractivity contribution < 1.29 is 37.1 Å². The fourth-order valence-electron chi connectivity index (χ4n) is 3.78. The Kier molecular flexibility index (Phi) is 15.9. The average molecular weight is 610 g/mol. The van der Waals surface area contributed by atoms with Crippen molar-refractivity contribution in [2.24, 2.45) is 11.7 Å². The van der Waals surface area contributed by atoms with Crippen LogP contribution < -0.4 is 27.0 Å². The Bertz CT molecular complexity index is 1190. The minimum atomic E-state index is -3.29. The topological polar surface area (TPSA) is 203 Å². The summed E-state index contributed by atoms with van der Waals surface area (Å²) in [4.78, 5) is 60.9. The van der Waals surface area contributed by atoms with Crippen LogP contribution >= 0.6 is 0 Å². The lowest BCUT2D eigenvalue weighted by Gasteiger charge is -2.25. The SMILES string of the molecule is C=CS(=O)(=O)CCCCCC(=O)N[C@@H](C(=O)N[C@H](CCCNC(N)=O)C(=O)Nc1ccc(COC(C)=O)cc1)C(C)C. The van der Waals surface area contributed by atoms with E-state index in [1.807, 2.05) is 0 Å². The Hall–Kier alpha value is -3.94. The van der Waals surface area contributed by atoms with Gasteiger partial charge in [0.15, 0.2) is 9.84 Å². The van der Waals surface area contributed by atoms with E-state index in [9.17, 15) is 32.4 Å². The maximum Gasteiger partial charge on any atom is 0.312 e. The van der Waals surface area contributed by atoms with E-state index in [1.54, 1.807) is 38.1 Å². The minimum absolute atomic E-state index is 0.0357. The van der Waals surface area contributed by atoms with Crippen molar-refractivity contribution in [2.75, 3.05) is 17.6 Å². The van der Waals surface area contributed by atoms with Gasteiger partial charge in [-0.05, 0) is 49.3 Å². The minimum Gasteiger partial charge on any atom is -0.461 e. The maximum absolute atomic E-state index is 13.2. The fraction of sp³-hybridized carbons (Fsp3) is 0.536. The van der Waals surface area contributed by atoms with Crippen LogP contribution in [0, 0.1) is 5.92 Å². The number of ether oxygens (including phenoxy) is 1. The molecule has 0 spiro atoms. The fourth-order valence-corrected chi connectivity index (χ4v) is 4.55. The molecule has 0 fully saturated rings. The third-order valence-electron chi connectivity index (χ3n) is 6.12. The van der Waals surface area contributed by atoms with Crippen LogP contribution in [0.4, 0.5) is 10.5 Å². The number of anilines is 1. The third-order valence-corrected chi connectivity index (χ3v) is 7.48. The van der Waals surface area contributed by atoms with Gasteiger partial charge in [0.25, 0.3) is 0 Å². The van der Waals surface area contributed by atoms with Crippen LogP contribution in [0.5, 0.6) is 0 Å². The van der Waals surface area contributed by atoms with E-state index < -0.39 is 45.7 Å². The molecule has 0 aromatic heterocycles. The summed E-state index contributed by atoms with van der Waals surface area (Å²) in [5.41, 5.74) is 6.28. The number of carbonyl (C=O) groups is 5. The molecule has 0 aliphatic heterocycles. The zero-order valence-electron chi connectivity index (χ0n) is 24.4. The van der Waals surface area contributed by atoms with E-state index in [1.165, 1.54) is 6.92 Å². The summed E-state index contributed by atoms with van der Waals surface area (Å²) in [5, 5.41) is 11.5. The number of nitrogens with two attached hydrogens (primary N) is 1. The van der Waals surface area contributed by atoms with Crippen molar-refractivity contribution >= 4 is 45.2 Å². The monoisotopic (exact) mass is 609 g/mol. The summed E-state index contributed by atoms with van der Waals surface area (Å²) < 4.78 is 27.9. The molecule has 234 valence electrons. The van der Waals surface area contributed by atoms with Gasteiger partial charge in [-0.2, -0.15) is 0 Å². The van der Waals surface area contributed by atoms with Crippen LogP contribution in [0.25, 0.3) is 0 Å². The van der Waals surface area contributed by atoms with Gasteiger partial charge in [-0.15, -0.1) is 0 Å². The zero-order valence-corrected chi connectivity index (χ0v) is 25.3. The molecule has 42 heavy (non-hydrogen) atoms. The first kappa shape index (κ1) is 36.1. The van der Waals surface area contributed by atoms with Crippen LogP contribution in [0.3, 0.4) is 0 Å². The van der Waals surface area contributed by atoms with E-state index in [2.05, 4.69) is 27.8 Å². The highest BCUT2D eigenvalue weighted by Crippen LogP contribution is 2.13. The van der Waals surface area contributed by atoms with Crippen molar-refractivity contribution in [3.05, 3.63) is 41.8 Å². The van der Waals surface area contributed by atoms with Crippen molar-refractivity contribution in [1.82, 2.24) is 16.0 Å². The first-order valence-corrected chi connectivity index (χ1v) is 15.5. The Morgan fingerprint density at radius 2 is 1.64 bits per heavy atom. The normalized spacial score (nSPS) is 12.5. The molecule has 2 atom stereocenters. The molecule has 6 N–H and O–H groups in total. The summed E-state index contributed by atoms with van der Waals surface area (Å²) in [5.74, 6) is -2.16. The van der Waals surface area contributed by atoms with Crippen molar-refractivity contribution in [2.45, 2.75) is 78.0 Å². The second-order valence-electron chi connectivity index (χ2n) is 10.1. The number of amides is 5. The highest BCUT2D eigenvalue weighted by molar-refractivity contribution is 7.94. The standard InChI is InChI=1S/C28H43N5O8S/c1-5-42(39,40)17-8-6-7-11-24(35)33-25(19(2)3)27(37)32-23(10-9-16-30-28(29)38)26(36)31-22-14-12-21(13-15-22)18-41-20(4)34/h5,12-15,19,23,25H,1,6-11,16-18H2,2-4H3,(H,31,36)(H,32,37)(H,33,35)(H3,29,30,38)/t23-,25-/m1/s1. The summed E-state index contributed by atoms with van der Waals surface area (Å²) in [6, 6.07) is 4.02. The number of rotatable bonds is 19. The predicted molar refractivity (Wildman–Crippen MR) is 159 cm³/mol. The first-order chi connectivity index (χ1) is 19.7. The van der Waals surface area contributed by atoms with Crippen LogP contribution in [0.2, 0.25) is 0 Å². The van der Waals surface area contributed by atoms with Gasteiger partial charge in [0.2, 0.25) is 17.7 Å². The number of sulfone groups is 1. The number of primary amides is 1.